The van der Waals surface area contributed by atoms with Gasteiger partial charge in [0.2, 0.25) is 5.69 Å². The lowest BCUT2D eigenvalue weighted by Crippen LogP contribution is -2.33. The maximum Gasteiger partial charge on any atom is 0.306 e. The highest BCUT2D eigenvalue weighted by Gasteiger charge is 2.29. The summed E-state index contributed by atoms with van der Waals surface area (Å²) in [6.07, 6.45) is 1.75. The Balaban J connectivity index is 2.48. The molecule has 1 aromatic rings. The zero-order chi connectivity index (χ0) is 14.0. The number of nitriles is 1. The fraction of sp³-hybridized carbons (Fsp3) is 0.455. The molecule has 19 heavy (non-hydrogen) atoms. The standard InChI is InChI=1S/C11H11BrN4O3/c12-8-4-10(16(18)19)9(5-13)14-11(8)15-3-1-2-7(15)6-17/h4,7,17H,1-3,6H2/t7-/m0/s1. The molecule has 1 fully saturated rings. The Morgan fingerprint density at radius 2 is 2.47 bits per heavy atom. The van der Waals surface area contributed by atoms with Crippen LogP contribution in [0.4, 0.5) is 11.5 Å². The Morgan fingerprint density at radius 3 is 3.05 bits per heavy atom. The van der Waals surface area contributed by atoms with E-state index in [4.69, 9.17) is 5.26 Å². The Kier molecular flexibility index (Phi) is 3.97. The number of hydrogen-bond acceptors (Lipinski definition) is 6. The Bertz CT molecular complexity index is 558. The monoisotopic (exact) mass is 326 g/mol. The van der Waals surface area contributed by atoms with Crippen LogP contribution in [0.1, 0.15) is 18.5 Å². The molecule has 0 aliphatic carbocycles. The highest BCUT2D eigenvalue weighted by molar-refractivity contribution is 9.10. The number of rotatable bonds is 3. The smallest absolute Gasteiger partial charge is 0.306 e. The number of aromatic nitrogens is 1. The van der Waals surface area contributed by atoms with E-state index < -0.39 is 4.92 Å². The highest BCUT2D eigenvalue weighted by atomic mass is 79.9. The first kappa shape index (κ1) is 13.7. The van der Waals surface area contributed by atoms with Gasteiger partial charge in [-0.25, -0.2) is 4.98 Å². The van der Waals surface area contributed by atoms with Gasteiger partial charge >= 0.3 is 5.69 Å². The van der Waals surface area contributed by atoms with Crippen LogP contribution in [0.2, 0.25) is 0 Å². The topological polar surface area (TPSA) is 103 Å². The summed E-state index contributed by atoms with van der Waals surface area (Å²) in [5.74, 6) is 0.471. The van der Waals surface area contributed by atoms with Gasteiger partial charge in [-0.15, -0.1) is 0 Å². The first-order chi connectivity index (χ1) is 9.08. The second-order valence-corrected chi connectivity index (χ2v) is 5.06. The molecule has 0 saturated carbocycles. The van der Waals surface area contributed by atoms with Crippen molar-refractivity contribution in [1.82, 2.24) is 4.98 Å². The average molecular weight is 327 g/mol. The summed E-state index contributed by atoms with van der Waals surface area (Å²) in [5.41, 5.74) is -0.537. The number of pyridine rings is 1. The maximum atomic E-state index is 10.8. The summed E-state index contributed by atoms with van der Waals surface area (Å²) in [7, 11) is 0. The predicted molar refractivity (Wildman–Crippen MR) is 70.8 cm³/mol. The van der Waals surface area contributed by atoms with E-state index in [0.29, 0.717) is 16.8 Å². The van der Waals surface area contributed by atoms with Gasteiger partial charge in [-0.1, -0.05) is 0 Å². The van der Waals surface area contributed by atoms with Crippen molar-refractivity contribution in [2.45, 2.75) is 18.9 Å². The molecule has 1 N–H and O–H groups in total. The molecule has 0 spiro atoms. The molecule has 2 heterocycles. The molecular weight excluding hydrogens is 316 g/mol. The van der Waals surface area contributed by atoms with Gasteiger partial charge in [0, 0.05) is 12.6 Å². The van der Waals surface area contributed by atoms with E-state index in [1.54, 1.807) is 6.07 Å². The summed E-state index contributed by atoms with van der Waals surface area (Å²) in [5, 5.41) is 29.1. The van der Waals surface area contributed by atoms with E-state index in [1.165, 1.54) is 6.07 Å². The molecule has 0 amide bonds. The van der Waals surface area contributed by atoms with Crippen LogP contribution in [0.3, 0.4) is 0 Å². The fourth-order valence-electron chi connectivity index (χ4n) is 2.20. The summed E-state index contributed by atoms with van der Waals surface area (Å²) >= 11 is 3.25. The van der Waals surface area contributed by atoms with Crippen LogP contribution in [0, 0.1) is 21.4 Å². The largest absolute Gasteiger partial charge is 0.394 e. The molecule has 1 aliphatic heterocycles. The van der Waals surface area contributed by atoms with E-state index in [1.807, 2.05) is 4.90 Å². The SMILES string of the molecule is N#Cc1nc(N2CCC[C@H]2CO)c(Br)cc1[N+](=O)[O-]. The zero-order valence-electron chi connectivity index (χ0n) is 9.91. The van der Waals surface area contributed by atoms with Gasteiger partial charge in [0.25, 0.3) is 0 Å². The number of halogens is 1. The number of anilines is 1. The van der Waals surface area contributed by atoms with Crippen LogP contribution in [-0.2, 0) is 0 Å². The Hall–Kier alpha value is -1.72. The first-order valence-electron chi connectivity index (χ1n) is 5.71. The van der Waals surface area contributed by atoms with Crippen LogP contribution >= 0.6 is 15.9 Å². The van der Waals surface area contributed by atoms with Gasteiger partial charge in [0.1, 0.15) is 11.9 Å². The number of aliphatic hydroxyl groups is 1. The Labute approximate surface area is 117 Å². The van der Waals surface area contributed by atoms with Crippen LogP contribution in [0.5, 0.6) is 0 Å². The molecule has 7 nitrogen and oxygen atoms in total. The molecule has 1 aliphatic rings. The molecule has 0 aromatic carbocycles. The third-order valence-corrected chi connectivity index (χ3v) is 3.68. The van der Waals surface area contributed by atoms with E-state index >= 15 is 0 Å². The molecule has 2 rings (SSSR count). The fourth-order valence-corrected chi connectivity index (χ4v) is 2.73. The van der Waals surface area contributed by atoms with Crippen molar-refractivity contribution in [1.29, 1.82) is 5.26 Å². The van der Waals surface area contributed by atoms with Gasteiger partial charge in [0.05, 0.1) is 22.0 Å². The molecule has 1 aromatic heterocycles. The maximum absolute atomic E-state index is 10.8. The van der Waals surface area contributed by atoms with Gasteiger partial charge in [0.15, 0.2) is 0 Å². The lowest BCUT2D eigenvalue weighted by molar-refractivity contribution is -0.385. The van der Waals surface area contributed by atoms with E-state index in [2.05, 4.69) is 20.9 Å². The van der Waals surface area contributed by atoms with Crippen LogP contribution < -0.4 is 4.90 Å². The third kappa shape index (κ3) is 2.52. The van der Waals surface area contributed by atoms with Crippen molar-refractivity contribution in [2.24, 2.45) is 0 Å². The number of aliphatic hydroxyl groups excluding tert-OH is 1. The molecule has 100 valence electrons. The number of nitrogens with zero attached hydrogens (tertiary/aromatic N) is 4. The van der Waals surface area contributed by atoms with E-state index in [-0.39, 0.29) is 24.0 Å². The number of hydrogen-bond donors (Lipinski definition) is 1. The highest BCUT2D eigenvalue weighted by Crippen LogP contribution is 2.33. The molecule has 1 saturated heterocycles. The van der Waals surface area contributed by atoms with E-state index in [0.717, 1.165) is 12.8 Å². The van der Waals surface area contributed by atoms with Crippen LogP contribution in [0.15, 0.2) is 10.5 Å². The van der Waals surface area contributed by atoms with E-state index in [9.17, 15) is 15.2 Å². The van der Waals surface area contributed by atoms with Gasteiger partial charge in [-0.05, 0) is 28.8 Å². The molecule has 0 bridgehead atoms. The molecule has 1 atom stereocenters. The summed E-state index contributed by atoms with van der Waals surface area (Å²) < 4.78 is 0.457. The minimum atomic E-state index is -0.631. The van der Waals surface area contributed by atoms with Crippen LogP contribution in [0.25, 0.3) is 0 Å². The zero-order valence-corrected chi connectivity index (χ0v) is 11.5. The van der Waals surface area contributed by atoms with Gasteiger partial charge in [-0.3, -0.25) is 10.1 Å². The normalized spacial score (nSPS) is 18.4. The summed E-state index contributed by atoms with van der Waals surface area (Å²) in [6, 6.07) is 2.96. The molecular formula is C11H11BrN4O3. The second kappa shape index (κ2) is 5.50. The Morgan fingerprint density at radius 1 is 1.74 bits per heavy atom. The first-order valence-corrected chi connectivity index (χ1v) is 6.50. The quantitative estimate of drug-likeness (QED) is 0.668. The predicted octanol–water partition coefficient (Wildman–Crippen LogP) is 1.59. The molecule has 0 unspecified atom stereocenters. The van der Waals surface area contributed by atoms with Crippen LogP contribution in [-0.4, -0.2) is 34.2 Å². The van der Waals surface area contributed by atoms with Crippen molar-refractivity contribution in [3.05, 3.63) is 26.3 Å². The minimum Gasteiger partial charge on any atom is -0.394 e. The average Bonchev–Trinajstić information content (AvgIpc) is 2.86. The van der Waals surface area contributed by atoms with Gasteiger partial charge in [-0.2, -0.15) is 5.26 Å². The van der Waals surface area contributed by atoms with Gasteiger partial charge < -0.3 is 10.0 Å². The van der Waals surface area contributed by atoms with Crippen molar-refractivity contribution < 1.29 is 10.0 Å². The summed E-state index contributed by atoms with van der Waals surface area (Å²) in [6.45, 7) is 0.701. The lowest BCUT2D eigenvalue weighted by atomic mass is 10.2. The van der Waals surface area contributed by atoms with Crippen molar-refractivity contribution in [3.8, 4) is 6.07 Å². The van der Waals surface area contributed by atoms with Crippen molar-refractivity contribution >= 4 is 27.4 Å². The number of nitro groups is 1. The summed E-state index contributed by atoms with van der Waals surface area (Å²) in [4.78, 5) is 16.1. The lowest BCUT2D eigenvalue weighted by Gasteiger charge is -2.25. The third-order valence-electron chi connectivity index (χ3n) is 3.10. The molecule has 0 radical (unpaired) electrons. The second-order valence-electron chi connectivity index (χ2n) is 4.20. The molecule has 8 heteroatoms. The minimum absolute atomic E-state index is 0.00695. The van der Waals surface area contributed by atoms with Crippen molar-refractivity contribution in [3.63, 3.8) is 0 Å². The van der Waals surface area contributed by atoms with Crippen molar-refractivity contribution in [2.75, 3.05) is 18.1 Å².